The van der Waals surface area contributed by atoms with Gasteiger partial charge in [0.15, 0.2) is 0 Å². The Bertz CT molecular complexity index is 803. The fourth-order valence-electron chi connectivity index (χ4n) is 3.62. The summed E-state index contributed by atoms with van der Waals surface area (Å²) in [5.74, 6) is 1.05. The third-order valence-corrected chi connectivity index (χ3v) is 5.12. The van der Waals surface area contributed by atoms with Crippen LogP contribution in [0.5, 0.6) is 0 Å². The fraction of sp³-hybridized carbons (Fsp3) is 0.286. The number of anilines is 1. The first-order valence-electron chi connectivity index (χ1n) is 9.29. The number of carbonyl (C=O) groups is 1. The number of nitrogens with one attached hydrogen (secondary N) is 1. The smallest absolute Gasteiger partial charge is 0.223 e. The molecule has 1 N–H and O–H groups in total. The van der Waals surface area contributed by atoms with E-state index in [0.717, 1.165) is 19.0 Å². The lowest BCUT2D eigenvalue weighted by molar-refractivity contribution is -0.131. The van der Waals surface area contributed by atoms with Gasteiger partial charge in [0.1, 0.15) is 6.33 Å². The number of benzene rings is 2. The molecule has 2 aromatic carbocycles. The summed E-state index contributed by atoms with van der Waals surface area (Å²) in [7, 11) is 0. The molecule has 0 unspecified atom stereocenters. The van der Waals surface area contributed by atoms with Crippen molar-refractivity contribution in [3.8, 4) is 0 Å². The summed E-state index contributed by atoms with van der Waals surface area (Å²) in [4.78, 5) is 21.3. The van der Waals surface area contributed by atoms with E-state index >= 15 is 0 Å². The molecule has 0 atom stereocenters. The van der Waals surface area contributed by atoms with Crippen LogP contribution in [0.4, 0.5) is 5.95 Å². The Morgan fingerprint density at radius 1 is 0.926 bits per heavy atom. The van der Waals surface area contributed by atoms with Crippen LogP contribution in [0.15, 0.2) is 67.0 Å². The van der Waals surface area contributed by atoms with E-state index in [0.29, 0.717) is 19.5 Å². The first-order chi connectivity index (χ1) is 13.3. The number of H-pyrrole nitrogens is 1. The molecule has 1 aliphatic heterocycles. The molecule has 1 fully saturated rings. The topological polar surface area (TPSA) is 65.1 Å². The van der Waals surface area contributed by atoms with Gasteiger partial charge < -0.3 is 9.80 Å². The van der Waals surface area contributed by atoms with Crippen LogP contribution in [-0.2, 0) is 4.79 Å². The SMILES string of the molecule is O=C(CC(c1ccccc1)c1ccccc1)N1CCN(c2ncn[nH]2)CC1. The minimum absolute atomic E-state index is 0.0761. The van der Waals surface area contributed by atoms with E-state index in [-0.39, 0.29) is 11.8 Å². The Morgan fingerprint density at radius 3 is 2.04 bits per heavy atom. The van der Waals surface area contributed by atoms with Crippen molar-refractivity contribution in [2.24, 2.45) is 0 Å². The Hall–Kier alpha value is -3.15. The van der Waals surface area contributed by atoms with Crippen LogP contribution in [0.25, 0.3) is 0 Å². The van der Waals surface area contributed by atoms with Crippen LogP contribution in [0.1, 0.15) is 23.5 Å². The Kier molecular flexibility index (Phi) is 5.14. The highest BCUT2D eigenvalue weighted by atomic mass is 16.2. The summed E-state index contributed by atoms with van der Waals surface area (Å²) in [5, 5.41) is 6.79. The van der Waals surface area contributed by atoms with E-state index < -0.39 is 0 Å². The van der Waals surface area contributed by atoms with E-state index in [9.17, 15) is 4.79 Å². The zero-order chi connectivity index (χ0) is 18.5. The molecule has 3 aromatic rings. The van der Waals surface area contributed by atoms with Gasteiger partial charge in [-0.05, 0) is 11.1 Å². The molecule has 0 aliphatic carbocycles. The van der Waals surface area contributed by atoms with Gasteiger partial charge in [0, 0.05) is 38.5 Å². The Balaban J connectivity index is 1.45. The predicted molar refractivity (Wildman–Crippen MR) is 105 cm³/mol. The number of hydrogen-bond donors (Lipinski definition) is 1. The molecule has 1 amide bonds. The molecule has 4 rings (SSSR count). The van der Waals surface area contributed by atoms with Crippen LogP contribution in [-0.4, -0.2) is 52.2 Å². The molecule has 0 spiro atoms. The first-order valence-corrected chi connectivity index (χ1v) is 9.29. The molecular weight excluding hydrogens is 338 g/mol. The lowest BCUT2D eigenvalue weighted by Gasteiger charge is -2.35. The normalized spacial score (nSPS) is 14.6. The molecule has 0 bridgehead atoms. The van der Waals surface area contributed by atoms with Gasteiger partial charge in [-0.1, -0.05) is 60.7 Å². The fourth-order valence-corrected chi connectivity index (χ4v) is 3.62. The highest BCUT2D eigenvalue weighted by Crippen LogP contribution is 2.28. The van der Waals surface area contributed by atoms with Gasteiger partial charge in [0.25, 0.3) is 0 Å². The van der Waals surface area contributed by atoms with Gasteiger partial charge in [-0.2, -0.15) is 10.1 Å². The predicted octanol–water partition coefficient (Wildman–Crippen LogP) is 2.68. The van der Waals surface area contributed by atoms with Crippen molar-refractivity contribution >= 4 is 11.9 Å². The molecule has 138 valence electrons. The maximum Gasteiger partial charge on any atom is 0.223 e. The van der Waals surface area contributed by atoms with Crippen LogP contribution < -0.4 is 4.90 Å². The van der Waals surface area contributed by atoms with Crippen LogP contribution in [0.3, 0.4) is 0 Å². The van der Waals surface area contributed by atoms with Crippen molar-refractivity contribution in [1.82, 2.24) is 20.1 Å². The standard InChI is InChI=1S/C21H23N5O/c27-20(25-11-13-26(14-12-25)21-22-16-23-24-21)15-19(17-7-3-1-4-8-17)18-9-5-2-6-10-18/h1-10,16,19H,11-15H2,(H,22,23,24). The minimum Gasteiger partial charge on any atom is -0.339 e. The molecular formula is C21H23N5O. The van der Waals surface area contributed by atoms with Crippen molar-refractivity contribution in [2.75, 3.05) is 31.1 Å². The van der Waals surface area contributed by atoms with Gasteiger partial charge in [-0.3, -0.25) is 4.79 Å². The van der Waals surface area contributed by atoms with Crippen molar-refractivity contribution in [1.29, 1.82) is 0 Å². The molecule has 0 saturated carbocycles. The quantitative estimate of drug-likeness (QED) is 0.759. The van der Waals surface area contributed by atoms with E-state index in [4.69, 9.17) is 0 Å². The molecule has 1 aliphatic rings. The Labute approximate surface area is 158 Å². The molecule has 1 saturated heterocycles. The van der Waals surface area contributed by atoms with E-state index in [2.05, 4.69) is 44.3 Å². The molecule has 6 nitrogen and oxygen atoms in total. The summed E-state index contributed by atoms with van der Waals surface area (Å²) >= 11 is 0. The zero-order valence-electron chi connectivity index (χ0n) is 15.2. The second kappa shape index (κ2) is 8.03. The summed E-state index contributed by atoms with van der Waals surface area (Å²) in [6.45, 7) is 2.94. The van der Waals surface area contributed by atoms with E-state index in [1.165, 1.54) is 17.5 Å². The highest BCUT2D eigenvalue weighted by Gasteiger charge is 2.25. The molecule has 1 aromatic heterocycles. The van der Waals surface area contributed by atoms with E-state index in [1.807, 2.05) is 41.3 Å². The van der Waals surface area contributed by atoms with Gasteiger partial charge in [0.05, 0.1) is 0 Å². The second-order valence-corrected chi connectivity index (χ2v) is 6.75. The van der Waals surface area contributed by atoms with Crippen molar-refractivity contribution in [3.63, 3.8) is 0 Å². The number of rotatable bonds is 5. The molecule has 27 heavy (non-hydrogen) atoms. The number of amides is 1. The highest BCUT2D eigenvalue weighted by molar-refractivity contribution is 5.78. The van der Waals surface area contributed by atoms with Crippen molar-refractivity contribution in [3.05, 3.63) is 78.1 Å². The number of carbonyl (C=O) groups excluding carboxylic acids is 1. The van der Waals surface area contributed by atoms with Crippen molar-refractivity contribution < 1.29 is 4.79 Å². The largest absolute Gasteiger partial charge is 0.339 e. The molecule has 0 radical (unpaired) electrons. The number of piperazine rings is 1. The first kappa shape index (κ1) is 17.3. The monoisotopic (exact) mass is 361 g/mol. The molecule has 2 heterocycles. The lowest BCUT2D eigenvalue weighted by Crippen LogP contribution is -2.49. The molecule has 6 heteroatoms. The van der Waals surface area contributed by atoms with Crippen LogP contribution in [0, 0.1) is 0 Å². The van der Waals surface area contributed by atoms with Crippen LogP contribution >= 0.6 is 0 Å². The third-order valence-electron chi connectivity index (χ3n) is 5.12. The number of aromatic nitrogens is 3. The maximum atomic E-state index is 13.0. The van der Waals surface area contributed by atoms with E-state index in [1.54, 1.807) is 0 Å². The maximum absolute atomic E-state index is 13.0. The van der Waals surface area contributed by atoms with Gasteiger partial charge in [-0.25, -0.2) is 5.10 Å². The average Bonchev–Trinajstić information content (AvgIpc) is 3.28. The summed E-state index contributed by atoms with van der Waals surface area (Å²) in [6.07, 6.45) is 1.99. The minimum atomic E-state index is 0.0761. The lowest BCUT2D eigenvalue weighted by atomic mass is 9.88. The summed E-state index contributed by atoms with van der Waals surface area (Å²) < 4.78 is 0. The Morgan fingerprint density at radius 2 is 1.52 bits per heavy atom. The van der Waals surface area contributed by atoms with Crippen molar-refractivity contribution in [2.45, 2.75) is 12.3 Å². The van der Waals surface area contributed by atoms with Gasteiger partial charge in [-0.15, -0.1) is 0 Å². The summed E-state index contributed by atoms with van der Waals surface area (Å²) in [5.41, 5.74) is 2.36. The van der Waals surface area contributed by atoms with Gasteiger partial charge >= 0.3 is 0 Å². The number of nitrogens with zero attached hydrogens (tertiary/aromatic N) is 4. The third kappa shape index (κ3) is 4.00. The van der Waals surface area contributed by atoms with Gasteiger partial charge in [0.2, 0.25) is 11.9 Å². The number of aromatic amines is 1. The summed E-state index contributed by atoms with van der Waals surface area (Å²) in [6, 6.07) is 20.6. The second-order valence-electron chi connectivity index (χ2n) is 6.75. The zero-order valence-corrected chi connectivity index (χ0v) is 15.2. The van der Waals surface area contributed by atoms with Crippen LogP contribution in [0.2, 0.25) is 0 Å². The average molecular weight is 361 g/mol. The number of hydrogen-bond acceptors (Lipinski definition) is 4.